The Bertz CT molecular complexity index is 1320. The van der Waals surface area contributed by atoms with Gasteiger partial charge in [-0.15, -0.1) is 0 Å². The number of carbonyl (C=O) groups is 2. The first-order chi connectivity index (χ1) is 17.0. The molecule has 0 aliphatic rings. The molecule has 0 spiro atoms. The molecule has 0 saturated heterocycles. The molecule has 1 aromatic carbocycles. The standard InChI is InChI=1S/C25H27N7O3/c1-35-12-4-11-32-22-21(30-25(32)31-24(34)18-6-2-7-20(26)13-18)14-19(16-29-22)23(33)28-10-8-17-5-3-9-27-15-17/h2-3,5-7,9,13-16H,4,8,10-12,26H2,1H3,(H,28,33)(H,30,31,34). The van der Waals surface area contributed by atoms with E-state index in [0.717, 1.165) is 5.56 Å². The fourth-order valence-corrected chi connectivity index (χ4v) is 3.63. The molecule has 0 saturated carbocycles. The van der Waals surface area contributed by atoms with Crippen LogP contribution in [0.25, 0.3) is 11.2 Å². The van der Waals surface area contributed by atoms with Gasteiger partial charge < -0.3 is 15.8 Å². The summed E-state index contributed by atoms with van der Waals surface area (Å²) in [6.07, 6.45) is 6.36. The first kappa shape index (κ1) is 23.8. The minimum absolute atomic E-state index is 0.248. The van der Waals surface area contributed by atoms with Crippen LogP contribution in [0.15, 0.2) is 61.1 Å². The molecule has 4 N–H and O–H groups in total. The van der Waals surface area contributed by atoms with Crippen LogP contribution in [0.4, 0.5) is 11.6 Å². The number of fused-ring (bicyclic) bond motifs is 1. The van der Waals surface area contributed by atoms with E-state index in [1.165, 1.54) is 6.20 Å². The summed E-state index contributed by atoms with van der Waals surface area (Å²) in [5.41, 5.74) is 9.22. The minimum atomic E-state index is -0.339. The average molecular weight is 474 g/mol. The molecular formula is C25H27N7O3. The summed E-state index contributed by atoms with van der Waals surface area (Å²) >= 11 is 0. The number of benzene rings is 1. The predicted octanol–water partition coefficient (Wildman–Crippen LogP) is 2.67. The highest BCUT2D eigenvalue weighted by atomic mass is 16.5. The highest BCUT2D eigenvalue weighted by Gasteiger charge is 2.17. The molecule has 2 amide bonds. The Labute approximate surface area is 202 Å². The van der Waals surface area contributed by atoms with E-state index in [4.69, 9.17) is 10.5 Å². The number of nitrogen functional groups attached to an aromatic ring is 1. The van der Waals surface area contributed by atoms with Crippen LogP contribution >= 0.6 is 0 Å². The number of aromatic nitrogens is 4. The maximum absolute atomic E-state index is 12.8. The zero-order chi connectivity index (χ0) is 24.6. The van der Waals surface area contributed by atoms with Gasteiger partial charge in [0.05, 0.1) is 5.56 Å². The molecule has 10 nitrogen and oxygen atoms in total. The topological polar surface area (TPSA) is 137 Å². The lowest BCUT2D eigenvalue weighted by Gasteiger charge is -2.10. The van der Waals surface area contributed by atoms with Crippen LogP contribution in [0.5, 0.6) is 0 Å². The number of ether oxygens (including phenoxy) is 1. The maximum Gasteiger partial charge on any atom is 0.258 e. The highest BCUT2D eigenvalue weighted by molar-refractivity contribution is 6.04. The highest BCUT2D eigenvalue weighted by Crippen LogP contribution is 2.21. The molecule has 4 rings (SSSR count). The van der Waals surface area contributed by atoms with Crippen molar-refractivity contribution in [1.82, 2.24) is 24.8 Å². The van der Waals surface area contributed by atoms with Crippen LogP contribution in [-0.4, -0.2) is 51.6 Å². The molecule has 0 atom stereocenters. The van der Waals surface area contributed by atoms with Crippen molar-refractivity contribution in [2.75, 3.05) is 31.3 Å². The van der Waals surface area contributed by atoms with Gasteiger partial charge >= 0.3 is 0 Å². The van der Waals surface area contributed by atoms with Gasteiger partial charge in [0.1, 0.15) is 5.52 Å². The number of pyridine rings is 2. The van der Waals surface area contributed by atoms with Crippen molar-refractivity contribution < 1.29 is 14.3 Å². The molecular weight excluding hydrogens is 446 g/mol. The van der Waals surface area contributed by atoms with Crippen molar-refractivity contribution in [2.24, 2.45) is 0 Å². The predicted molar refractivity (Wildman–Crippen MR) is 133 cm³/mol. The van der Waals surface area contributed by atoms with Crippen LogP contribution in [0.3, 0.4) is 0 Å². The lowest BCUT2D eigenvalue weighted by atomic mass is 10.2. The summed E-state index contributed by atoms with van der Waals surface area (Å²) in [4.78, 5) is 38.6. The molecule has 10 heteroatoms. The maximum atomic E-state index is 12.8. The fraction of sp³-hybridized carbons (Fsp3) is 0.240. The van der Waals surface area contributed by atoms with E-state index in [-0.39, 0.29) is 11.8 Å². The van der Waals surface area contributed by atoms with Gasteiger partial charge in [-0.3, -0.25) is 24.5 Å². The van der Waals surface area contributed by atoms with Gasteiger partial charge in [-0.05, 0) is 48.7 Å². The minimum Gasteiger partial charge on any atom is -0.399 e. The van der Waals surface area contributed by atoms with E-state index in [1.807, 2.05) is 16.7 Å². The van der Waals surface area contributed by atoms with Gasteiger partial charge in [0, 0.05) is 56.6 Å². The Kier molecular flexibility index (Phi) is 7.63. The van der Waals surface area contributed by atoms with Gasteiger partial charge in [-0.25, -0.2) is 9.97 Å². The summed E-state index contributed by atoms with van der Waals surface area (Å²) in [7, 11) is 1.63. The third-order valence-electron chi connectivity index (χ3n) is 5.37. The van der Waals surface area contributed by atoms with E-state index in [1.54, 1.807) is 49.8 Å². The number of carbonyl (C=O) groups excluding carboxylic acids is 2. The quantitative estimate of drug-likeness (QED) is 0.238. The van der Waals surface area contributed by atoms with E-state index in [9.17, 15) is 9.59 Å². The second kappa shape index (κ2) is 11.2. The molecule has 0 bridgehead atoms. The molecule has 180 valence electrons. The Morgan fingerprint density at radius 3 is 2.74 bits per heavy atom. The number of nitrogens with zero attached hydrogens (tertiary/aromatic N) is 4. The number of amides is 2. The van der Waals surface area contributed by atoms with Crippen molar-refractivity contribution in [3.63, 3.8) is 0 Å². The van der Waals surface area contributed by atoms with Crippen molar-refractivity contribution in [1.29, 1.82) is 0 Å². The number of imidazole rings is 1. The molecule has 4 aromatic rings. The molecule has 0 aliphatic heterocycles. The van der Waals surface area contributed by atoms with Crippen molar-refractivity contribution in [3.05, 3.63) is 77.7 Å². The third-order valence-corrected chi connectivity index (χ3v) is 5.37. The van der Waals surface area contributed by atoms with E-state index in [0.29, 0.717) is 66.5 Å². The van der Waals surface area contributed by atoms with Gasteiger partial charge in [-0.1, -0.05) is 12.1 Å². The lowest BCUT2D eigenvalue weighted by molar-refractivity contribution is 0.0953. The molecule has 3 aromatic heterocycles. The largest absolute Gasteiger partial charge is 0.399 e. The first-order valence-electron chi connectivity index (χ1n) is 11.2. The van der Waals surface area contributed by atoms with Crippen LogP contribution in [-0.2, 0) is 17.7 Å². The van der Waals surface area contributed by atoms with E-state index >= 15 is 0 Å². The number of methoxy groups -OCH3 is 1. The third kappa shape index (κ3) is 5.98. The Morgan fingerprint density at radius 2 is 1.97 bits per heavy atom. The van der Waals surface area contributed by atoms with Gasteiger partial charge in [-0.2, -0.15) is 0 Å². The van der Waals surface area contributed by atoms with Crippen molar-refractivity contribution in [2.45, 2.75) is 19.4 Å². The van der Waals surface area contributed by atoms with Crippen LogP contribution < -0.4 is 16.4 Å². The van der Waals surface area contributed by atoms with Gasteiger partial charge in [0.15, 0.2) is 5.65 Å². The molecule has 0 aliphatic carbocycles. The fourth-order valence-electron chi connectivity index (χ4n) is 3.63. The molecule has 0 radical (unpaired) electrons. The number of nitrogens with two attached hydrogens (primary N) is 1. The molecule has 0 fully saturated rings. The van der Waals surface area contributed by atoms with Crippen molar-refractivity contribution >= 4 is 34.6 Å². The first-order valence-corrected chi connectivity index (χ1v) is 11.2. The normalized spacial score (nSPS) is 10.9. The lowest BCUT2D eigenvalue weighted by Crippen LogP contribution is -2.25. The molecule has 35 heavy (non-hydrogen) atoms. The van der Waals surface area contributed by atoms with E-state index < -0.39 is 0 Å². The number of anilines is 2. The van der Waals surface area contributed by atoms with Crippen LogP contribution in [0, 0.1) is 0 Å². The molecule has 3 heterocycles. The summed E-state index contributed by atoms with van der Waals surface area (Å²) in [5, 5.41) is 5.74. The Balaban J connectivity index is 1.53. The van der Waals surface area contributed by atoms with Crippen LogP contribution in [0.2, 0.25) is 0 Å². The monoisotopic (exact) mass is 473 g/mol. The second-order valence-corrected chi connectivity index (χ2v) is 7.95. The second-order valence-electron chi connectivity index (χ2n) is 7.95. The zero-order valence-corrected chi connectivity index (χ0v) is 19.4. The number of hydrogen-bond donors (Lipinski definition) is 3. The average Bonchev–Trinajstić information content (AvgIpc) is 3.21. The van der Waals surface area contributed by atoms with Crippen LogP contribution in [0.1, 0.15) is 32.7 Å². The van der Waals surface area contributed by atoms with Crippen molar-refractivity contribution in [3.8, 4) is 0 Å². The SMILES string of the molecule is COCCCn1c(NC(=O)c2cccc(N)c2)nc2cc(C(=O)NCCc3cccnc3)cnc21. The summed E-state index contributed by atoms with van der Waals surface area (Å²) in [6, 6.07) is 12.2. The zero-order valence-electron chi connectivity index (χ0n) is 19.4. The smallest absolute Gasteiger partial charge is 0.258 e. The number of hydrogen-bond acceptors (Lipinski definition) is 7. The summed E-state index contributed by atoms with van der Waals surface area (Å²) in [6.45, 7) is 1.54. The Morgan fingerprint density at radius 1 is 1.09 bits per heavy atom. The number of nitrogens with one attached hydrogen (secondary N) is 2. The van der Waals surface area contributed by atoms with Gasteiger partial charge in [0.2, 0.25) is 5.95 Å². The Hall–Kier alpha value is -4.31. The number of aryl methyl sites for hydroxylation is 1. The number of rotatable bonds is 10. The summed E-state index contributed by atoms with van der Waals surface area (Å²) in [5.74, 6) is -0.248. The van der Waals surface area contributed by atoms with Gasteiger partial charge in [0.25, 0.3) is 11.8 Å². The van der Waals surface area contributed by atoms with E-state index in [2.05, 4.69) is 25.6 Å². The molecule has 0 unspecified atom stereocenters. The summed E-state index contributed by atoms with van der Waals surface area (Å²) < 4.78 is 6.97.